The van der Waals surface area contributed by atoms with Gasteiger partial charge in [0.25, 0.3) is 0 Å². The summed E-state index contributed by atoms with van der Waals surface area (Å²) >= 11 is 2.03. The minimum atomic E-state index is 0.380. The maximum atomic E-state index is 9.59. The largest absolute Gasteiger partial charge is 0.508 e. The molecule has 0 bridgehead atoms. The average Bonchev–Trinajstić information content (AvgIpc) is 2.25. The molecule has 0 aromatic heterocycles. The van der Waals surface area contributed by atoms with Crippen LogP contribution in [0.15, 0.2) is 18.2 Å². The first-order valence-electron chi connectivity index (χ1n) is 5.39. The van der Waals surface area contributed by atoms with Gasteiger partial charge in [-0.15, -0.1) is 0 Å². The highest BCUT2D eigenvalue weighted by Gasteiger charge is 2.13. The van der Waals surface area contributed by atoms with Crippen molar-refractivity contribution in [3.63, 3.8) is 0 Å². The molecule has 0 radical (unpaired) electrons. The van der Waals surface area contributed by atoms with Crippen LogP contribution in [-0.4, -0.2) is 22.7 Å². The monoisotopic (exact) mass is 223 g/mol. The Kier molecular flexibility index (Phi) is 3.41. The lowest BCUT2D eigenvalue weighted by Crippen LogP contribution is -2.24. The molecular weight excluding hydrogens is 206 g/mol. The van der Waals surface area contributed by atoms with E-state index in [2.05, 4.69) is 5.32 Å². The average molecular weight is 223 g/mol. The van der Waals surface area contributed by atoms with Gasteiger partial charge in [-0.2, -0.15) is 11.8 Å². The van der Waals surface area contributed by atoms with E-state index in [1.54, 1.807) is 0 Å². The number of aryl methyl sites for hydroxylation is 1. The maximum absolute atomic E-state index is 9.59. The fraction of sp³-hybridized carbons (Fsp3) is 0.500. The fourth-order valence-electron chi connectivity index (χ4n) is 1.78. The molecule has 2 N–H and O–H groups in total. The van der Waals surface area contributed by atoms with Crippen molar-refractivity contribution in [3.8, 4) is 5.75 Å². The summed E-state index contributed by atoms with van der Waals surface area (Å²) in [6, 6.07) is 6.39. The second kappa shape index (κ2) is 4.79. The molecular formula is C12H17NOS. The van der Waals surface area contributed by atoms with E-state index >= 15 is 0 Å². The number of benzene rings is 1. The van der Waals surface area contributed by atoms with E-state index in [0.717, 1.165) is 11.3 Å². The van der Waals surface area contributed by atoms with Crippen molar-refractivity contribution in [2.45, 2.75) is 25.8 Å². The minimum absolute atomic E-state index is 0.380. The maximum Gasteiger partial charge on any atom is 0.120 e. The Hall–Kier alpha value is -0.830. The first-order valence-corrected chi connectivity index (χ1v) is 6.55. The molecule has 0 amide bonds. The molecule has 15 heavy (non-hydrogen) atoms. The van der Waals surface area contributed by atoms with Crippen molar-refractivity contribution >= 4 is 17.4 Å². The summed E-state index contributed by atoms with van der Waals surface area (Å²) in [6.07, 6.45) is 2.44. The molecule has 0 unspecified atom stereocenters. The van der Waals surface area contributed by atoms with Crippen molar-refractivity contribution in [3.05, 3.63) is 23.8 Å². The molecule has 1 aliphatic rings. The van der Waals surface area contributed by atoms with Gasteiger partial charge in [-0.05, 0) is 42.9 Å². The molecule has 1 fully saturated rings. The first-order chi connectivity index (χ1) is 7.25. The summed E-state index contributed by atoms with van der Waals surface area (Å²) in [5.74, 6) is 2.87. The molecule has 2 rings (SSSR count). The molecule has 0 spiro atoms. The van der Waals surface area contributed by atoms with Crippen molar-refractivity contribution in [1.29, 1.82) is 0 Å². The summed E-state index contributed by atoms with van der Waals surface area (Å²) in [4.78, 5) is 0. The predicted molar refractivity (Wildman–Crippen MR) is 66.8 cm³/mol. The van der Waals surface area contributed by atoms with E-state index in [1.165, 1.54) is 24.3 Å². The number of phenols is 1. The number of nitrogens with one attached hydrogen (secondary N) is 1. The highest BCUT2D eigenvalue weighted by molar-refractivity contribution is 7.99. The molecule has 1 saturated heterocycles. The summed E-state index contributed by atoms with van der Waals surface area (Å²) in [6.45, 7) is 1.91. The third-order valence-electron chi connectivity index (χ3n) is 2.80. The molecule has 0 saturated carbocycles. The highest BCUT2D eigenvalue weighted by Crippen LogP contribution is 2.24. The van der Waals surface area contributed by atoms with Gasteiger partial charge in [-0.3, -0.25) is 0 Å². The van der Waals surface area contributed by atoms with Crippen LogP contribution in [0.2, 0.25) is 0 Å². The molecule has 1 heterocycles. The van der Waals surface area contributed by atoms with Crippen LogP contribution in [0.1, 0.15) is 18.4 Å². The van der Waals surface area contributed by atoms with Gasteiger partial charge in [0.1, 0.15) is 5.75 Å². The number of aromatic hydroxyl groups is 1. The molecule has 82 valence electrons. The zero-order chi connectivity index (χ0) is 10.7. The van der Waals surface area contributed by atoms with Gasteiger partial charge in [-0.1, -0.05) is 6.07 Å². The second-order valence-corrected chi connectivity index (χ2v) is 5.26. The van der Waals surface area contributed by atoms with E-state index in [0.29, 0.717) is 11.8 Å². The van der Waals surface area contributed by atoms with Crippen molar-refractivity contribution in [2.75, 3.05) is 16.8 Å². The van der Waals surface area contributed by atoms with Crippen molar-refractivity contribution in [1.82, 2.24) is 0 Å². The SMILES string of the molecule is Cc1ccc(NC2CCSCC2)cc1O. The van der Waals surface area contributed by atoms with Gasteiger partial charge in [-0.25, -0.2) is 0 Å². The zero-order valence-corrected chi connectivity index (χ0v) is 9.81. The van der Waals surface area contributed by atoms with Gasteiger partial charge in [0.2, 0.25) is 0 Å². The molecule has 1 aromatic rings. The van der Waals surface area contributed by atoms with E-state index in [1.807, 2.05) is 36.9 Å². The van der Waals surface area contributed by atoms with Crippen molar-refractivity contribution < 1.29 is 5.11 Å². The fourth-order valence-corrected chi connectivity index (χ4v) is 2.88. The van der Waals surface area contributed by atoms with Gasteiger partial charge < -0.3 is 10.4 Å². The Bertz CT molecular complexity index is 334. The van der Waals surface area contributed by atoms with E-state index in [-0.39, 0.29) is 0 Å². The van der Waals surface area contributed by atoms with E-state index in [9.17, 15) is 5.11 Å². The van der Waals surface area contributed by atoms with Crippen LogP contribution in [-0.2, 0) is 0 Å². The molecule has 1 aromatic carbocycles. The summed E-state index contributed by atoms with van der Waals surface area (Å²) in [5, 5.41) is 13.1. The summed E-state index contributed by atoms with van der Waals surface area (Å²) < 4.78 is 0. The number of rotatable bonds is 2. The highest BCUT2D eigenvalue weighted by atomic mass is 32.2. The smallest absolute Gasteiger partial charge is 0.120 e. The van der Waals surface area contributed by atoms with Crippen LogP contribution in [0, 0.1) is 6.92 Å². The summed E-state index contributed by atoms with van der Waals surface area (Å²) in [7, 11) is 0. The predicted octanol–water partition coefficient (Wildman–Crippen LogP) is 3.01. The Morgan fingerprint density at radius 3 is 2.73 bits per heavy atom. The molecule has 3 heteroatoms. The van der Waals surface area contributed by atoms with Crippen LogP contribution >= 0.6 is 11.8 Å². The standard InChI is InChI=1S/C12H17NOS/c1-9-2-3-11(8-12(9)14)13-10-4-6-15-7-5-10/h2-3,8,10,13-14H,4-7H2,1H3. The Morgan fingerprint density at radius 2 is 2.07 bits per heavy atom. The normalized spacial score (nSPS) is 17.7. The van der Waals surface area contributed by atoms with Gasteiger partial charge in [0.05, 0.1) is 0 Å². The van der Waals surface area contributed by atoms with Gasteiger partial charge >= 0.3 is 0 Å². The third kappa shape index (κ3) is 2.81. The molecule has 1 aliphatic heterocycles. The lowest BCUT2D eigenvalue weighted by molar-refractivity contribution is 0.471. The number of phenolic OH excluding ortho intramolecular Hbond substituents is 1. The molecule has 0 aliphatic carbocycles. The minimum Gasteiger partial charge on any atom is -0.508 e. The Balaban J connectivity index is 2.00. The van der Waals surface area contributed by atoms with Gasteiger partial charge in [0, 0.05) is 17.8 Å². The van der Waals surface area contributed by atoms with E-state index in [4.69, 9.17) is 0 Å². The Labute approximate surface area is 95.1 Å². The van der Waals surface area contributed by atoms with Crippen LogP contribution in [0.4, 0.5) is 5.69 Å². The molecule has 0 atom stereocenters. The second-order valence-electron chi connectivity index (χ2n) is 4.03. The third-order valence-corrected chi connectivity index (χ3v) is 3.85. The lowest BCUT2D eigenvalue weighted by Gasteiger charge is -2.23. The summed E-state index contributed by atoms with van der Waals surface area (Å²) in [5.41, 5.74) is 1.97. The zero-order valence-electron chi connectivity index (χ0n) is 8.99. The van der Waals surface area contributed by atoms with Crippen LogP contribution in [0.3, 0.4) is 0 Å². The van der Waals surface area contributed by atoms with Crippen LogP contribution < -0.4 is 5.32 Å². The lowest BCUT2D eigenvalue weighted by atomic mass is 10.1. The number of hydrogen-bond acceptors (Lipinski definition) is 3. The van der Waals surface area contributed by atoms with Crippen LogP contribution in [0.25, 0.3) is 0 Å². The topological polar surface area (TPSA) is 32.3 Å². The van der Waals surface area contributed by atoms with Crippen molar-refractivity contribution in [2.24, 2.45) is 0 Å². The quantitative estimate of drug-likeness (QED) is 0.808. The number of thioether (sulfide) groups is 1. The Morgan fingerprint density at radius 1 is 1.33 bits per heavy atom. The van der Waals surface area contributed by atoms with Gasteiger partial charge in [0.15, 0.2) is 0 Å². The number of anilines is 1. The number of hydrogen-bond donors (Lipinski definition) is 2. The van der Waals surface area contributed by atoms with Crippen LogP contribution in [0.5, 0.6) is 5.75 Å². The first kappa shape index (κ1) is 10.7. The molecule has 2 nitrogen and oxygen atoms in total. The van der Waals surface area contributed by atoms with E-state index < -0.39 is 0 Å².